The van der Waals surface area contributed by atoms with Crippen molar-refractivity contribution in [3.63, 3.8) is 0 Å². The quantitative estimate of drug-likeness (QED) is 0.725. The molecule has 4 heteroatoms. The molecule has 0 saturated carbocycles. The van der Waals surface area contributed by atoms with E-state index in [0.717, 1.165) is 5.56 Å². The minimum Gasteiger partial charge on any atom is -0.496 e. The SMILES string of the molecule is COc1cc(N)cc2oc(-c3ccccc3)cc(=O)c12. The fourth-order valence-corrected chi connectivity index (χ4v) is 2.18. The summed E-state index contributed by atoms with van der Waals surface area (Å²) in [5.74, 6) is 0.934. The fraction of sp³-hybridized carbons (Fsp3) is 0.0625. The summed E-state index contributed by atoms with van der Waals surface area (Å²) in [7, 11) is 1.50. The van der Waals surface area contributed by atoms with Crippen LogP contribution in [0.4, 0.5) is 5.69 Å². The third-order valence-corrected chi connectivity index (χ3v) is 3.10. The second kappa shape index (κ2) is 4.74. The lowest BCUT2D eigenvalue weighted by Crippen LogP contribution is -2.03. The van der Waals surface area contributed by atoms with Crippen LogP contribution in [0.5, 0.6) is 5.75 Å². The van der Waals surface area contributed by atoms with Crippen LogP contribution in [0.3, 0.4) is 0 Å². The molecule has 0 spiro atoms. The third-order valence-electron chi connectivity index (χ3n) is 3.10. The molecule has 1 heterocycles. The summed E-state index contributed by atoms with van der Waals surface area (Å²) < 4.78 is 11.0. The summed E-state index contributed by atoms with van der Waals surface area (Å²) in [4.78, 5) is 12.3. The number of benzene rings is 2. The van der Waals surface area contributed by atoms with E-state index in [1.807, 2.05) is 30.3 Å². The molecule has 0 amide bonds. The highest BCUT2D eigenvalue weighted by atomic mass is 16.5. The Balaban J connectivity index is 2.33. The molecular formula is C16H13NO3. The van der Waals surface area contributed by atoms with Crippen molar-refractivity contribution >= 4 is 16.7 Å². The number of hydrogen-bond donors (Lipinski definition) is 1. The molecule has 100 valence electrons. The van der Waals surface area contributed by atoms with E-state index in [0.29, 0.717) is 28.2 Å². The first kappa shape index (κ1) is 12.3. The highest BCUT2D eigenvalue weighted by Gasteiger charge is 2.12. The predicted octanol–water partition coefficient (Wildman–Crippen LogP) is 3.05. The Morgan fingerprint density at radius 2 is 1.85 bits per heavy atom. The first-order valence-corrected chi connectivity index (χ1v) is 6.16. The molecule has 4 nitrogen and oxygen atoms in total. The summed E-state index contributed by atoms with van der Waals surface area (Å²) >= 11 is 0. The number of hydrogen-bond acceptors (Lipinski definition) is 4. The molecule has 2 aromatic carbocycles. The van der Waals surface area contributed by atoms with Gasteiger partial charge in [-0.15, -0.1) is 0 Å². The molecule has 3 rings (SSSR count). The molecule has 0 aliphatic carbocycles. The molecule has 3 aromatic rings. The van der Waals surface area contributed by atoms with Crippen molar-refractivity contribution in [1.29, 1.82) is 0 Å². The average Bonchev–Trinajstić information content (AvgIpc) is 2.46. The van der Waals surface area contributed by atoms with Gasteiger partial charge in [-0.05, 0) is 0 Å². The number of rotatable bonds is 2. The van der Waals surface area contributed by atoms with Crippen LogP contribution < -0.4 is 15.9 Å². The molecule has 0 fully saturated rings. The summed E-state index contributed by atoms with van der Waals surface area (Å²) in [6.07, 6.45) is 0. The van der Waals surface area contributed by atoms with Gasteiger partial charge >= 0.3 is 0 Å². The smallest absolute Gasteiger partial charge is 0.197 e. The van der Waals surface area contributed by atoms with Crippen LogP contribution >= 0.6 is 0 Å². The Morgan fingerprint density at radius 3 is 2.55 bits per heavy atom. The molecular weight excluding hydrogens is 254 g/mol. The van der Waals surface area contributed by atoms with Gasteiger partial charge in [0, 0.05) is 29.4 Å². The molecule has 0 unspecified atom stereocenters. The van der Waals surface area contributed by atoms with Gasteiger partial charge in [0.1, 0.15) is 22.5 Å². The standard InChI is InChI=1S/C16H13NO3/c1-19-14-7-11(17)8-15-16(14)12(18)9-13(20-15)10-5-3-2-4-6-10/h2-9H,17H2,1H3. The molecule has 0 atom stereocenters. The Kier molecular flexibility index (Phi) is 2.91. The molecule has 20 heavy (non-hydrogen) atoms. The van der Waals surface area contributed by atoms with Crippen molar-refractivity contribution in [2.75, 3.05) is 12.8 Å². The van der Waals surface area contributed by atoms with Crippen molar-refractivity contribution < 1.29 is 9.15 Å². The van der Waals surface area contributed by atoms with Crippen molar-refractivity contribution in [2.24, 2.45) is 0 Å². The van der Waals surface area contributed by atoms with Crippen LogP contribution in [0, 0.1) is 0 Å². The monoisotopic (exact) mass is 267 g/mol. The topological polar surface area (TPSA) is 65.5 Å². The zero-order valence-electron chi connectivity index (χ0n) is 10.9. The highest BCUT2D eigenvalue weighted by molar-refractivity contribution is 5.87. The second-order valence-corrected chi connectivity index (χ2v) is 4.44. The predicted molar refractivity (Wildman–Crippen MR) is 78.9 cm³/mol. The number of nitrogens with two attached hydrogens (primary N) is 1. The van der Waals surface area contributed by atoms with E-state index < -0.39 is 0 Å². The van der Waals surface area contributed by atoms with Crippen molar-refractivity contribution in [2.45, 2.75) is 0 Å². The maximum atomic E-state index is 12.3. The largest absolute Gasteiger partial charge is 0.496 e. The van der Waals surface area contributed by atoms with Crippen molar-refractivity contribution in [3.05, 3.63) is 58.8 Å². The van der Waals surface area contributed by atoms with E-state index in [1.54, 1.807) is 12.1 Å². The van der Waals surface area contributed by atoms with E-state index in [4.69, 9.17) is 14.9 Å². The summed E-state index contributed by atoms with van der Waals surface area (Å²) in [5, 5.41) is 0.404. The van der Waals surface area contributed by atoms with Gasteiger partial charge in [0.2, 0.25) is 0 Å². The maximum absolute atomic E-state index is 12.3. The number of ether oxygens (including phenoxy) is 1. The normalized spacial score (nSPS) is 10.7. The van der Waals surface area contributed by atoms with Gasteiger partial charge in [0.05, 0.1) is 7.11 Å². The van der Waals surface area contributed by atoms with Crippen molar-refractivity contribution in [1.82, 2.24) is 0 Å². The minimum absolute atomic E-state index is 0.151. The zero-order chi connectivity index (χ0) is 14.1. The summed E-state index contributed by atoms with van der Waals surface area (Å²) in [5.41, 5.74) is 7.40. The minimum atomic E-state index is -0.151. The second-order valence-electron chi connectivity index (χ2n) is 4.44. The lowest BCUT2D eigenvalue weighted by atomic mass is 10.1. The molecule has 0 radical (unpaired) electrons. The third kappa shape index (κ3) is 2.01. The van der Waals surface area contributed by atoms with E-state index in [9.17, 15) is 4.79 Å². The van der Waals surface area contributed by atoms with Gasteiger partial charge in [-0.1, -0.05) is 30.3 Å². The van der Waals surface area contributed by atoms with Crippen LogP contribution in [0.15, 0.2) is 57.7 Å². The highest BCUT2D eigenvalue weighted by Crippen LogP contribution is 2.29. The molecule has 2 N–H and O–H groups in total. The molecule has 0 saturated heterocycles. The molecule has 0 aliphatic rings. The number of fused-ring (bicyclic) bond motifs is 1. The Hall–Kier alpha value is -2.75. The number of methoxy groups -OCH3 is 1. The Morgan fingerprint density at radius 1 is 1.10 bits per heavy atom. The van der Waals surface area contributed by atoms with Gasteiger partial charge in [-0.25, -0.2) is 0 Å². The van der Waals surface area contributed by atoms with Gasteiger partial charge in [-0.3, -0.25) is 4.79 Å². The van der Waals surface area contributed by atoms with Crippen molar-refractivity contribution in [3.8, 4) is 17.1 Å². The van der Waals surface area contributed by atoms with Gasteiger partial charge in [-0.2, -0.15) is 0 Å². The average molecular weight is 267 g/mol. The summed E-state index contributed by atoms with van der Waals surface area (Å²) in [6.45, 7) is 0. The Bertz CT molecular complexity index is 822. The van der Waals surface area contributed by atoms with Gasteiger partial charge in [0.25, 0.3) is 0 Å². The lowest BCUT2D eigenvalue weighted by molar-refractivity contribution is 0.419. The van der Waals surface area contributed by atoms with E-state index >= 15 is 0 Å². The van der Waals surface area contributed by atoms with E-state index in [-0.39, 0.29) is 5.43 Å². The van der Waals surface area contributed by atoms with Crippen LogP contribution in [-0.4, -0.2) is 7.11 Å². The molecule has 1 aromatic heterocycles. The first-order chi connectivity index (χ1) is 9.69. The lowest BCUT2D eigenvalue weighted by Gasteiger charge is -2.07. The Labute approximate surface area is 115 Å². The first-order valence-electron chi connectivity index (χ1n) is 6.16. The fourth-order valence-electron chi connectivity index (χ4n) is 2.18. The summed E-state index contributed by atoms with van der Waals surface area (Å²) in [6, 6.07) is 14.2. The van der Waals surface area contributed by atoms with E-state index in [1.165, 1.54) is 13.2 Å². The molecule has 0 aliphatic heterocycles. The zero-order valence-corrected chi connectivity index (χ0v) is 10.9. The van der Waals surface area contributed by atoms with E-state index in [2.05, 4.69) is 0 Å². The number of anilines is 1. The number of nitrogen functional groups attached to an aromatic ring is 1. The maximum Gasteiger partial charge on any atom is 0.197 e. The van der Waals surface area contributed by atoms with Gasteiger partial charge < -0.3 is 14.9 Å². The van der Waals surface area contributed by atoms with Crippen LogP contribution in [0.25, 0.3) is 22.3 Å². The van der Waals surface area contributed by atoms with Gasteiger partial charge in [0.15, 0.2) is 5.43 Å². The molecule has 0 bridgehead atoms. The van der Waals surface area contributed by atoms with Crippen LogP contribution in [0.2, 0.25) is 0 Å². The van der Waals surface area contributed by atoms with Crippen LogP contribution in [-0.2, 0) is 0 Å². The van der Waals surface area contributed by atoms with Crippen LogP contribution in [0.1, 0.15) is 0 Å².